The van der Waals surface area contributed by atoms with Crippen molar-refractivity contribution in [2.75, 3.05) is 0 Å². The van der Waals surface area contributed by atoms with Crippen molar-refractivity contribution in [3.8, 4) is 73.2 Å². The lowest BCUT2D eigenvalue weighted by Gasteiger charge is -2.22. The third kappa shape index (κ3) is 5.56. The lowest BCUT2D eigenvalue weighted by Crippen LogP contribution is -2.14. The molecule has 4 heteroatoms. The van der Waals surface area contributed by atoms with Gasteiger partial charge in [-0.3, -0.25) is 0 Å². The van der Waals surface area contributed by atoms with E-state index in [2.05, 4.69) is 152 Å². The van der Waals surface area contributed by atoms with Crippen LogP contribution in [-0.4, -0.2) is 19.5 Å². The van der Waals surface area contributed by atoms with Gasteiger partial charge in [0.2, 0.25) is 0 Å². The summed E-state index contributed by atoms with van der Waals surface area (Å²) >= 11 is 0. The average molecular weight is 743 g/mol. The molecule has 10 aromatic rings. The first kappa shape index (κ1) is 33.9. The van der Waals surface area contributed by atoms with E-state index in [1.54, 1.807) is 0 Å². The molecule has 2 aromatic heterocycles. The molecule has 0 bridgehead atoms. The van der Waals surface area contributed by atoms with Crippen LogP contribution in [0.5, 0.6) is 0 Å². The molecule has 0 N–H and O–H groups in total. The standard InChI is InChI=1S/C54H38N4/c1-54(2)47-24-13-12-23-43(47)44-28-25-40(33-48(44)54)39-27-30-49-46(32-39)45-29-26-41(34-50(45)58(49)42-22-14-21-38(31-42)35-15-6-3-7-16-35)53-56-51(36-17-8-4-9-18-36)55-52(57-53)37-19-10-5-11-20-37/h3-34H,1-2H3. The monoisotopic (exact) mass is 742 g/mol. The minimum atomic E-state index is -0.0714. The summed E-state index contributed by atoms with van der Waals surface area (Å²) in [7, 11) is 0. The van der Waals surface area contributed by atoms with Gasteiger partial charge >= 0.3 is 0 Å². The first-order valence-corrected chi connectivity index (χ1v) is 19.9. The number of aromatic nitrogens is 4. The van der Waals surface area contributed by atoms with E-state index in [-0.39, 0.29) is 5.41 Å². The van der Waals surface area contributed by atoms with Gasteiger partial charge in [0.15, 0.2) is 17.5 Å². The fourth-order valence-electron chi connectivity index (χ4n) is 8.89. The highest BCUT2D eigenvalue weighted by molar-refractivity contribution is 6.11. The third-order valence-corrected chi connectivity index (χ3v) is 11.9. The van der Waals surface area contributed by atoms with Crippen LogP contribution in [0.1, 0.15) is 25.0 Å². The lowest BCUT2D eigenvalue weighted by molar-refractivity contribution is 0.660. The van der Waals surface area contributed by atoms with Crippen LogP contribution in [0.2, 0.25) is 0 Å². The second kappa shape index (κ2) is 13.4. The maximum absolute atomic E-state index is 5.09. The van der Waals surface area contributed by atoms with Crippen molar-refractivity contribution in [1.82, 2.24) is 19.5 Å². The Morgan fingerprint density at radius 2 is 0.879 bits per heavy atom. The number of fused-ring (bicyclic) bond motifs is 6. The van der Waals surface area contributed by atoms with Gasteiger partial charge in [-0.25, -0.2) is 15.0 Å². The van der Waals surface area contributed by atoms with Gasteiger partial charge in [0, 0.05) is 38.6 Å². The van der Waals surface area contributed by atoms with Crippen LogP contribution < -0.4 is 0 Å². The molecule has 0 unspecified atom stereocenters. The Bertz CT molecular complexity index is 3120. The minimum absolute atomic E-state index is 0.0714. The van der Waals surface area contributed by atoms with Crippen LogP contribution in [0.3, 0.4) is 0 Å². The van der Waals surface area contributed by atoms with Gasteiger partial charge in [-0.15, -0.1) is 0 Å². The second-order valence-electron chi connectivity index (χ2n) is 15.7. The molecule has 0 saturated heterocycles. The first-order valence-electron chi connectivity index (χ1n) is 19.9. The van der Waals surface area contributed by atoms with Gasteiger partial charge < -0.3 is 4.57 Å². The zero-order valence-electron chi connectivity index (χ0n) is 32.3. The molecule has 0 radical (unpaired) electrons. The van der Waals surface area contributed by atoms with Gasteiger partial charge in [0.05, 0.1) is 11.0 Å². The molecule has 0 amide bonds. The Labute approximate surface area is 337 Å². The molecular formula is C54H38N4. The van der Waals surface area contributed by atoms with Crippen LogP contribution in [0, 0.1) is 0 Å². The van der Waals surface area contributed by atoms with Crippen LogP contribution >= 0.6 is 0 Å². The molecule has 2 heterocycles. The number of nitrogens with zero attached hydrogens (tertiary/aromatic N) is 4. The smallest absolute Gasteiger partial charge is 0.164 e. The van der Waals surface area contributed by atoms with E-state index in [0.717, 1.165) is 33.4 Å². The van der Waals surface area contributed by atoms with E-state index < -0.39 is 0 Å². The molecule has 0 fully saturated rings. The molecule has 1 aliphatic rings. The molecule has 0 aliphatic heterocycles. The van der Waals surface area contributed by atoms with Gasteiger partial charge in [-0.2, -0.15) is 0 Å². The average Bonchev–Trinajstić information content (AvgIpc) is 3.74. The molecule has 8 aromatic carbocycles. The SMILES string of the molecule is CC1(C)c2ccccc2-c2ccc(-c3ccc4c(c3)c3ccc(-c5nc(-c6ccccc6)nc(-c6ccccc6)n5)cc3n4-c3cccc(-c4ccccc4)c3)cc21. The van der Waals surface area contributed by atoms with E-state index in [1.165, 1.54) is 55.3 Å². The van der Waals surface area contributed by atoms with Crippen LogP contribution in [0.15, 0.2) is 194 Å². The van der Waals surface area contributed by atoms with E-state index in [1.807, 2.05) is 60.7 Å². The molecule has 4 nitrogen and oxygen atoms in total. The second-order valence-corrected chi connectivity index (χ2v) is 15.7. The summed E-state index contributed by atoms with van der Waals surface area (Å²) in [5, 5.41) is 2.36. The number of rotatable bonds is 6. The molecule has 1 aliphatic carbocycles. The van der Waals surface area contributed by atoms with Gasteiger partial charge in [0.25, 0.3) is 0 Å². The van der Waals surface area contributed by atoms with Crippen molar-refractivity contribution >= 4 is 21.8 Å². The van der Waals surface area contributed by atoms with Crippen LogP contribution in [0.25, 0.3) is 95.0 Å². The van der Waals surface area contributed by atoms with Crippen molar-refractivity contribution in [2.45, 2.75) is 19.3 Å². The molecule has 274 valence electrons. The predicted octanol–water partition coefficient (Wildman–Crippen LogP) is 13.6. The third-order valence-electron chi connectivity index (χ3n) is 11.9. The maximum Gasteiger partial charge on any atom is 0.164 e. The molecule has 0 spiro atoms. The van der Waals surface area contributed by atoms with Crippen molar-refractivity contribution in [3.05, 3.63) is 205 Å². The van der Waals surface area contributed by atoms with Gasteiger partial charge in [-0.05, 0) is 80.9 Å². The molecular weight excluding hydrogens is 705 g/mol. The van der Waals surface area contributed by atoms with E-state index in [0.29, 0.717) is 17.5 Å². The van der Waals surface area contributed by atoms with E-state index in [9.17, 15) is 0 Å². The van der Waals surface area contributed by atoms with Crippen LogP contribution in [-0.2, 0) is 5.41 Å². The highest BCUT2D eigenvalue weighted by Crippen LogP contribution is 2.50. The maximum atomic E-state index is 5.09. The largest absolute Gasteiger partial charge is 0.309 e. The fraction of sp³-hybridized carbons (Fsp3) is 0.0556. The number of hydrogen-bond donors (Lipinski definition) is 0. The Kier molecular flexibility index (Phi) is 7.80. The molecule has 58 heavy (non-hydrogen) atoms. The fourth-order valence-corrected chi connectivity index (χ4v) is 8.89. The lowest BCUT2D eigenvalue weighted by atomic mass is 9.81. The minimum Gasteiger partial charge on any atom is -0.309 e. The normalized spacial score (nSPS) is 12.8. The Morgan fingerprint density at radius 3 is 1.59 bits per heavy atom. The summed E-state index contributed by atoms with van der Waals surface area (Å²) in [4.78, 5) is 15.1. The quantitative estimate of drug-likeness (QED) is 0.170. The Morgan fingerprint density at radius 1 is 0.345 bits per heavy atom. The molecule has 0 saturated carbocycles. The van der Waals surface area contributed by atoms with Crippen molar-refractivity contribution in [1.29, 1.82) is 0 Å². The highest BCUT2D eigenvalue weighted by atomic mass is 15.0. The van der Waals surface area contributed by atoms with Gasteiger partial charge in [-0.1, -0.05) is 172 Å². The van der Waals surface area contributed by atoms with Crippen molar-refractivity contribution < 1.29 is 0 Å². The Balaban J connectivity index is 1.11. The zero-order chi connectivity index (χ0) is 38.8. The van der Waals surface area contributed by atoms with E-state index in [4.69, 9.17) is 15.0 Å². The van der Waals surface area contributed by atoms with Crippen molar-refractivity contribution in [2.24, 2.45) is 0 Å². The zero-order valence-corrected chi connectivity index (χ0v) is 32.3. The molecule has 0 atom stereocenters. The highest BCUT2D eigenvalue weighted by Gasteiger charge is 2.35. The summed E-state index contributed by atoms with van der Waals surface area (Å²) in [5.41, 5.74) is 16.3. The first-order chi connectivity index (χ1) is 28.5. The Hall–Kier alpha value is -7.43. The topological polar surface area (TPSA) is 43.6 Å². The van der Waals surface area contributed by atoms with Gasteiger partial charge in [0.1, 0.15) is 0 Å². The summed E-state index contributed by atoms with van der Waals surface area (Å²) in [6.45, 7) is 4.69. The number of hydrogen-bond acceptors (Lipinski definition) is 3. The number of benzene rings is 8. The summed E-state index contributed by atoms with van der Waals surface area (Å²) in [6.07, 6.45) is 0. The summed E-state index contributed by atoms with van der Waals surface area (Å²) in [5.74, 6) is 1.92. The van der Waals surface area contributed by atoms with Crippen molar-refractivity contribution in [3.63, 3.8) is 0 Å². The summed E-state index contributed by atoms with van der Waals surface area (Å²) in [6, 6.07) is 69.2. The molecule has 11 rings (SSSR count). The predicted molar refractivity (Wildman–Crippen MR) is 239 cm³/mol. The van der Waals surface area contributed by atoms with Crippen LogP contribution in [0.4, 0.5) is 0 Å². The van der Waals surface area contributed by atoms with E-state index >= 15 is 0 Å². The summed E-state index contributed by atoms with van der Waals surface area (Å²) < 4.78 is 2.39.